The second-order valence-electron chi connectivity index (χ2n) is 6.12. The molecule has 0 spiro atoms. The molecule has 118 valence electrons. The number of carbonyl (C=O) groups is 2. The van der Waals surface area contributed by atoms with E-state index in [0.717, 1.165) is 5.57 Å². The van der Waals surface area contributed by atoms with Crippen molar-refractivity contribution in [2.75, 3.05) is 11.4 Å². The smallest absolute Gasteiger partial charge is 0.270 e. The fourth-order valence-corrected chi connectivity index (χ4v) is 2.50. The van der Waals surface area contributed by atoms with Gasteiger partial charge in [-0.05, 0) is 45.9 Å². The Morgan fingerprint density at radius 3 is 2.64 bits per heavy atom. The molecule has 1 amide bonds. The van der Waals surface area contributed by atoms with Crippen molar-refractivity contribution in [3.8, 4) is 5.75 Å². The van der Waals surface area contributed by atoms with Crippen LogP contribution >= 0.6 is 11.6 Å². The molecule has 1 aromatic rings. The first-order valence-electron chi connectivity index (χ1n) is 7.11. The third-order valence-corrected chi connectivity index (χ3v) is 3.65. The van der Waals surface area contributed by atoms with Crippen LogP contribution in [0.1, 0.15) is 38.1 Å². The normalized spacial score (nSPS) is 17.5. The van der Waals surface area contributed by atoms with Crippen LogP contribution in [0.4, 0.5) is 5.69 Å². The van der Waals surface area contributed by atoms with Crippen LogP contribution in [0, 0.1) is 0 Å². The van der Waals surface area contributed by atoms with E-state index in [9.17, 15) is 9.59 Å². The lowest BCUT2D eigenvalue weighted by Gasteiger charge is -2.39. The monoisotopic (exact) mass is 321 g/mol. The topological polar surface area (TPSA) is 46.6 Å². The van der Waals surface area contributed by atoms with Crippen molar-refractivity contribution in [2.45, 2.75) is 38.7 Å². The molecule has 1 aliphatic rings. The summed E-state index contributed by atoms with van der Waals surface area (Å²) in [7, 11) is 0. The maximum Gasteiger partial charge on any atom is 0.270 e. The van der Waals surface area contributed by atoms with E-state index >= 15 is 0 Å². The van der Waals surface area contributed by atoms with E-state index < -0.39 is 11.0 Å². The first kappa shape index (κ1) is 16.6. The standard InChI is InChI=1S/C17H20ClNO3/c1-10(2)9-19-13-8-12(15(20)11(3)18)6-7-14(13)22-17(4,5)16(19)21/h6-8,11H,1,9H2,2-5H3. The van der Waals surface area contributed by atoms with Gasteiger partial charge in [0.25, 0.3) is 5.91 Å². The molecule has 0 saturated carbocycles. The molecule has 2 rings (SSSR count). The Balaban J connectivity index is 2.53. The zero-order valence-electron chi connectivity index (χ0n) is 13.3. The molecule has 0 radical (unpaired) electrons. The number of benzene rings is 1. The average Bonchev–Trinajstić information content (AvgIpc) is 2.42. The van der Waals surface area contributed by atoms with Crippen molar-refractivity contribution in [1.82, 2.24) is 0 Å². The summed E-state index contributed by atoms with van der Waals surface area (Å²) in [5, 5.41) is -0.621. The predicted molar refractivity (Wildman–Crippen MR) is 88.0 cm³/mol. The summed E-state index contributed by atoms with van der Waals surface area (Å²) in [6.45, 7) is 11.2. The number of amides is 1. The highest BCUT2D eigenvalue weighted by Crippen LogP contribution is 2.39. The van der Waals surface area contributed by atoms with Crippen LogP contribution in [0.15, 0.2) is 30.4 Å². The molecule has 0 aromatic heterocycles. The molecule has 0 aliphatic carbocycles. The summed E-state index contributed by atoms with van der Waals surface area (Å²) in [5.41, 5.74) is 0.937. The van der Waals surface area contributed by atoms with Crippen molar-refractivity contribution >= 4 is 29.0 Å². The third-order valence-electron chi connectivity index (χ3n) is 3.45. The van der Waals surface area contributed by atoms with E-state index in [0.29, 0.717) is 23.5 Å². The molecule has 1 aromatic carbocycles. The minimum atomic E-state index is -0.951. The largest absolute Gasteiger partial charge is 0.476 e. The molecule has 22 heavy (non-hydrogen) atoms. The number of alkyl halides is 1. The molecule has 5 heteroatoms. The molecule has 0 bridgehead atoms. The highest BCUT2D eigenvalue weighted by atomic mass is 35.5. The second kappa shape index (κ2) is 5.76. The van der Waals surface area contributed by atoms with Crippen molar-refractivity contribution in [1.29, 1.82) is 0 Å². The summed E-state index contributed by atoms with van der Waals surface area (Å²) in [6, 6.07) is 5.04. The number of hydrogen-bond acceptors (Lipinski definition) is 3. The number of Topliss-reactive ketones (excluding diaryl/α,β-unsaturated/α-hetero) is 1. The number of anilines is 1. The lowest BCUT2D eigenvalue weighted by Crippen LogP contribution is -2.53. The Hall–Kier alpha value is -1.81. The van der Waals surface area contributed by atoms with Gasteiger partial charge in [0, 0.05) is 12.1 Å². The summed E-state index contributed by atoms with van der Waals surface area (Å²) in [4.78, 5) is 26.3. The molecular formula is C17H20ClNO3. The molecule has 1 unspecified atom stereocenters. The fourth-order valence-electron chi connectivity index (χ4n) is 2.38. The van der Waals surface area contributed by atoms with Crippen LogP contribution in [-0.4, -0.2) is 29.2 Å². The molecule has 4 nitrogen and oxygen atoms in total. The van der Waals surface area contributed by atoms with Crippen molar-refractivity contribution in [3.05, 3.63) is 35.9 Å². The van der Waals surface area contributed by atoms with E-state index in [2.05, 4.69) is 6.58 Å². The maximum atomic E-state index is 12.6. The molecular weight excluding hydrogens is 302 g/mol. The SMILES string of the molecule is C=C(C)CN1C(=O)C(C)(C)Oc2ccc(C(=O)C(C)Cl)cc21. The summed E-state index contributed by atoms with van der Waals surface area (Å²) in [6.07, 6.45) is 0. The first-order valence-corrected chi connectivity index (χ1v) is 7.55. The van der Waals surface area contributed by atoms with Gasteiger partial charge in [0.1, 0.15) is 5.75 Å². The summed E-state index contributed by atoms with van der Waals surface area (Å²) >= 11 is 5.87. The lowest BCUT2D eigenvalue weighted by molar-refractivity contribution is -0.132. The molecule has 0 N–H and O–H groups in total. The summed E-state index contributed by atoms with van der Waals surface area (Å²) in [5.74, 6) is 0.230. The highest BCUT2D eigenvalue weighted by Gasteiger charge is 2.41. The van der Waals surface area contributed by atoms with Crippen LogP contribution in [-0.2, 0) is 4.79 Å². The van der Waals surface area contributed by atoms with E-state index in [4.69, 9.17) is 16.3 Å². The van der Waals surface area contributed by atoms with Gasteiger partial charge < -0.3 is 9.64 Å². The minimum absolute atomic E-state index is 0.161. The average molecular weight is 322 g/mol. The Bertz CT molecular complexity index is 649. The van der Waals surface area contributed by atoms with Gasteiger partial charge in [-0.15, -0.1) is 11.6 Å². The highest BCUT2D eigenvalue weighted by molar-refractivity contribution is 6.33. The Morgan fingerprint density at radius 1 is 1.45 bits per heavy atom. The van der Waals surface area contributed by atoms with Crippen molar-refractivity contribution in [2.24, 2.45) is 0 Å². The van der Waals surface area contributed by atoms with Gasteiger partial charge in [-0.3, -0.25) is 9.59 Å². The number of rotatable bonds is 4. The van der Waals surface area contributed by atoms with Gasteiger partial charge in [0.2, 0.25) is 0 Å². The van der Waals surface area contributed by atoms with E-state index in [1.165, 1.54) is 0 Å². The third kappa shape index (κ3) is 3.02. The lowest BCUT2D eigenvalue weighted by atomic mass is 10.0. The maximum absolute atomic E-state index is 12.6. The van der Waals surface area contributed by atoms with Crippen molar-refractivity contribution < 1.29 is 14.3 Å². The van der Waals surface area contributed by atoms with E-state index in [1.54, 1.807) is 43.9 Å². The van der Waals surface area contributed by atoms with Gasteiger partial charge >= 0.3 is 0 Å². The zero-order chi connectivity index (χ0) is 16.7. The van der Waals surface area contributed by atoms with Gasteiger partial charge in [-0.1, -0.05) is 12.2 Å². The quantitative estimate of drug-likeness (QED) is 0.484. The molecule has 0 fully saturated rings. The Morgan fingerprint density at radius 2 is 2.09 bits per heavy atom. The Kier molecular flexibility index (Phi) is 4.34. The van der Waals surface area contributed by atoms with Gasteiger partial charge in [0.05, 0.1) is 11.1 Å². The number of nitrogens with zero attached hydrogens (tertiary/aromatic N) is 1. The summed E-state index contributed by atoms with van der Waals surface area (Å²) < 4.78 is 5.77. The van der Waals surface area contributed by atoms with Crippen LogP contribution in [0.3, 0.4) is 0 Å². The number of halogens is 1. The van der Waals surface area contributed by atoms with Crippen molar-refractivity contribution in [3.63, 3.8) is 0 Å². The van der Waals surface area contributed by atoms with E-state index in [-0.39, 0.29) is 11.7 Å². The number of hydrogen-bond donors (Lipinski definition) is 0. The van der Waals surface area contributed by atoms with Gasteiger partial charge in [-0.2, -0.15) is 0 Å². The van der Waals surface area contributed by atoms with Crippen LogP contribution in [0.2, 0.25) is 0 Å². The second-order valence-corrected chi connectivity index (χ2v) is 6.78. The molecule has 1 heterocycles. The number of carbonyl (C=O) groups excluding carboxylic acids is 2. The van der Waals surface area contributed by atoms with Crippen LogP contribution in [0.5, 0.6) is 5.75 Å². The van der Waals surface area contributed by atoms with Gasteiger partial charge in [-0.25, -0.2) is 0 Å². The molecule has 1 aliphatic heterocycles. The number of fused-ring (bicyclic) bond motifs is 1. The van der Waals surface area contributed by atoms with E-state index in [1.807, 2.05) is 6.92 Å². The zero-order valence-corrected chi connectivity index (χ0v) is 14.0. The molecule has 1 atom stereocenters. The van der Waals surface area contributed by atoms with Gasteiger partial charge in [0.15, 0.2) is 11.4 Å². The predicted octanol–water partition coefficient (Wildman–Crippen LogP) is 3.58. The van der Waals surface area contributed by atoms with Crippen LogP contribution in [0.25, 0.3) is 0 Å². The Labute approximate surface area is 135 Å². The fraction of sp³-hybridized carbons (Fsp3) is 0.412. The first-order chi connectivity index (χ1) is 10.1. The number of ether oxygens (including phenoxy) is 1. The van der Waals surface area contributed by atoms with Crippen LogP contribution < -0.4 is 9.64 Å². The molecule has 0 saturated heterocycles. The number of ketones is 1. The minimum Gasteiger partial charge on any atom is -0.476 e.